The fourth-order valence-corrected chi connectivity index (χ4v) is 4.60. The Hall–Kier alpha value is -2.16. The molecule has 0 aliphatic carbocycles. The maximum absolute atomic E-state index is 13.2. The Morgan fingerprint density at radius 2 is 1.88 bits per heavy atom. The molecule has 0 spiro atoms. The van der Waals surface area contributed by atoms with Crippen LogP contribution in [0.1, 0.15) is 0 Å². The van der Waals surface area contributed by atoms with Crippen molar-refractivity contribution in [1.29, 1.82) is 0 Å². The van der Waals surface area contributed by atoms with Crippen LogP contribution in [-0.4, -0.2) is 8.42 Å². The summed E-state index contributed by atoms with van der Waals surface area (Å²) in [6, 6.07) is 9.50. The molecule has 0 unspecified atom stereocenters. The summed E-state index contributed by atoms with van der Waals surface area (Å²) in [5.74, 6) is -0.660. The maximum atomic E-state index is 13.2. The zero-order chi connectivity index (χ0) is 17.5. The van der Waals surface area contributed by atoms with E-state index in [1.165, 1.54) is 12.1 Å². The lowest BCUT2D eigenvalue weighted by Crippen LogP contribution is -2.19. The predicted octanol–water partition coefficient (Wildman–Crippen LogP) is 3.44. The Bertz CT molecular complexity index is 1110. The van der Waals surface area contributed by atoms with E-state index in [-0.39, 0.29) is 11.4 Å². The van der Waals surface area contributed by atoms with Gasteiger partial charge in [-0.2, -0.15) is 0 Å². The van der Waals surface area contributed by atoms with Crippen LogP contribution in [0.25, 0.3) is 10.1 Å². The van der Waals surface area contributed by atoms with Crippen molar-refractivity contribution >= 4 is 54.4 Å². The second-order valence-electron chi connectivity index (χ2n) is 4.92. The van der Waals surface area contributed by atoms with Crippen molar-refractivity contribution in [2.45, 2.75) is 4.90 Å². The van der Waals surface area contributed by atoms with Gasteiger partial charge in [0.1, 0.15) is 10.7 Å². The molecule has 2 aromatic carbocycles. The quantitative estimate of drug-likeness (QED) is 0.677. The summed E-state index contributed by atoms with van der Waals surface area (Å²) in [4.78, 5) is 11.8. The van der Waals surface area contributed by atoms with E-state index in [0.29, 0.717) is 15.1 Å². The Kier molecular flexibility index (Phi) is 4.20. The highest BCUT2D eigenvalue weighted by Crippen LogP contribution is 2.25. The average Bonchev–Trinajstić information content (AvgIpc) is 2.49. The molecule has 124 valence electrons. The summed E-state index contributed by atoms with van der Waals surface area (Å²) >= 11 is 6.65. The van der Waals surface area contributed by atoms with Gasteiger partial charge < -0.3 is 5.73 Å². The number of nitrogen functional groups attached to an aromatic ring is 1. The van der Waals surface area contributed by atoms with E-state index in [0.717, 1.165) is 23.5 Å². The molecular weight excluding hydrogens is 375 g/mol. The first-order chi connectivity index (χ1) is 11.3. The zero-order valence-electron chi connectivity index (χ0n) is 11.9. The summed E-state index contributed by atoms with van der Waals surface area (Å²) in [7, 11) is -4.14. The molecule has 0 fully saturated rings. The number of hydrogen-bond acceptors (Lipinski definition) is 5. The second-order valence-corrected chi connectivity index (χ2v) is 8.02. The summed E-state index contributed by atoms with van der Waals surface area (Å²) < 4.78 is 40.3. The van der Waals surface area contributed by atoms with Crippen molar-refractivity contribution < 1.29 is 12.8 Å². The molecule has 3 aromatic rings. The third kappa shape index (κ3) is 3.21. The lowest BCUT2D eigenvalue weighted by Gasteiger charge is -2.09. The number of rotatable bonds is 3. The fourth-order valence-electron chi connectivity index (χ4n) is 2.07. The Balaban J connectivity index is 2.07. The van der Waals surface area contributed by atoms with E-state index >= 15 is 0 Å². The number of nitrogens with two attached hydrogens (primary N) is 1. The van der Waals surface area contributed by atoms with Crippen LogP contribution in [0.3, 0.4) is 0 Å². The van der Waals surface area contributed by atoms with Crippen LogP contribution < -0.4 is 15.2 Å². The van der Waals surface area contributed by atoms with Gasteiger partial charge in [0.25, 0.3) is 14.8 Å². The number of halogens is 2. The van der Waals surface area contributed by atoms with Crippen LogP contribution >= 0.6 is 22.9 Å². The maximum Gasteiger partial charge on any atom is 0.266 e. The largest absolute Gasteiger partial charge is 0.396 e. The summed E-state index contributed by atoms with van der Waals surface area (Å²) in [5.41, 5.74) is 5.28. The van der Waals surface area contributed by atoms with E-state index in [4.69, 9.17) is 17.3 Å². The molecule has 5 nitrogen and oxygen atoms in total. The SMILES string of the molecule is Nc1cc(NS(=O)(=O)c2cc3ccc(Cl)cc3sc2=O)ccc1F. The summed E-state index contributed by atoms with van der Waals surface area (Å²) in [6.07, 6.45) is 0. The number of nitrogens with one attached hydrogen (secondary N) is 1. The number of anilines is 2. The van der Waals surface area contributed by atoms with Gasteiger partial charge in [-0.05, 0) is 41.8 Å². The van der Waals surface area contributed by atoms with Gasteiger partial charge in [-0.1, -0.05) is 29.0 Å². The topological polar surface area (TPSA) is 89.3 Å². The van der Waals surface area contributed by atoms with Gasteiger partial charge in [0.2, 0.25) is 0 Å². The minimum atomic E-state index is -4.14. The van der Waals surface area contributed by atoms with Gasteiger partial charge in [-0.25, -0.2) is 12.8 Å². The highest BCUT2D eigenvalue weighted by atomic mass is 35.5. The van der Waals surface area contributed by atoms with Crippen molar-refractivity contribution in [3.63, 3.8) is 0 Å². The number of benzene rings is 2. The average molecular weight is 385 g/mol. The van der Waals surface area contributed by atoms with Gasteiger partial charge in [-0.3, -0.25) is 9.52 Å². The van der Waals surface area contributed by atoms with Crippen molar-refractivity contribution in [2.75, 3.05) is 10.5 Å². The standard InChI is InChI=1S/C15H10ClFN2O3S2/c16-9-2-1-8-5-14(15(20)23-13(8)6-9)24(21,22)19-10-3-4-11(17)12(18)7-10/h1-7,19H,18H2. The molecule has 3 N–H and O–H groups in total. The molecule has 0 aliphatic rings. The summed E-state index contributed by atoms with van der Waals surface area (Å²) in [5, 5.41) is 1.02. The second kappa shape index (κ2) is 6.04. The van der Waals surface area contributed by atoms with Gasteiger partial charge in [0.15, 0.2) is 0 Å². The molecule has 0 saturated carbocycles. The molecule has 1 heterocycles. The van der Waals surface area contributed by atoms with Crippen LogP contribution in [0.2, 0.25) is 5.02 Å². The first-order valence-electron chi connectivity index (χ1n) is 6.57. The van der Waals surface area contributed by atoms with Gasteiger partial charge in [-0.15, -0.1) is 0 Å². The molecule has 0 bridgehead atoms. The van der Waals surface area contributed by atoms with Crippen molar-refractivity contribution in [1.82, 2.24) is 0 Å². The monoisotopic (exact) mass is 384 g/mol. The highest BCUT2D eigenvalue weighted by molar-refractivity contribution is 7.92. The van der Waals surface area contributed by atoms with Gasteiger partial charge in [0, 0.05) is 9.72 Å². The molecular formula is C15H10ClFN2O3S2. The van der Waals surface area contributed by atoms with Gasteiger partial charge in [0.05, 0.1) is 11.4 Å². The Morgan fingerprint density at radius 1 is 1.12 bits per heavy atom. The zero-order valence-corrected chi connectivity index (χ0v) is 14.3. The lowest BCUT2D eigenvalue weighted by molar-refractivity contribution is 0.601. The first kappa shape index (κ1) is 16.7. The van der Waals surface area contributed by atoms with Crippen LogP contribution in [0.5, 0.6) is 0 Å². The molecule has 0 amide bonds. The van der Waals surface area contributed by atoms with E-state index in [1.54, 1.807) is 18.2 Å². The molecule has 3 rings (SSSR count). The number of fused-ring (bicyclic) bond motifs is 1. The Labute approximate surface area is 145 Å². The normalized spacial score (nSPS) is 11.6. The molecule has 1 aromatic heterocycles. The Morgan fingerprint density at radius 3 is 2.58 bits per heavy atom. The van der Waals surface area contributed by atoms with E-state index < -0.39 is 25.5 Å². The third-order valence-corrected chi connectivity index (χ3v) is 5.93. The third-order valence-electron chi connectivity index (χ3n) is 3.20. The number of hydrogen-bond donors (Lipinski definition) is 2. The van der Waals surface area contributed by atoms with Crippen LogP contribution in [0.15, 0.2) is 52.2 Å². The predicted molar refractivity (Wildman–Crippen MR) is 94.7 cm³/mol. The van der Waals surface area contributed by atoms with Crippen molar-refractivity contribution in [3.8, 4) is 0 Å². The van der Waals surface area contributed by atoms with Gasteiger partial charge >= 0.3 is 0 Å². The fraction of sp³-hybridized carbons (Fsp3) is 0. The first-order valence-corrected chi connectivity index (χ1v) is 9.25. The van der Waals surface area contributed by atoms with E-state index in [2.05, 4.69) is 4.72 Å². The molecule has 24 heavy (non-hydrogen) atoms. The van der Waals surface area contributed by atoms with E-state index in [1.807, 2.05) is 0 Å². The summed E-state index contributed by atoms with van der Waals surface area (Å²) in [6.45, 7) is 0. The molecule has 9 heteroatoms. The molecule has 0 atom stereocenters. The minimum absolute atomic E-state index is 0.0644. The highest BCUT2D eigenvalue weighted by Gasteiger charge is 2.20. The number of sulfonamides is 1. The van der Waals surface area contributed by atoms with Crippen LogP contribution in [0, 0.1) is 5.82 Å². The van der Waals surface area contributed by atoms with E-state index in [9.17, 15) is 17.6 Å². The van der Waals surface area contributed by atoms with Crippen LogP contribution in [0.4, 0.5) is 15.8 Å². The molecule has 0 radical (unpaired) electrons. The van der Waals surface area contributed by atoms with Crippen LogP contribution in [-0.2, 0) is 10.0 Å². The minimum Gasteiger partial charge on any atom is -0.396 e. The molecule has 0 saturated heterocycles. The lowest BCUT2D eigenvalue weighted by atomic mass is 10.2. The van der Waals surface area contributed by atoms with Crippen molar-refractivity contribution in [2.24, 2.45) is 0 Å². The molecule has 0 aliphatic heterocycles. The smallest absolute Gasteiger partial charge is 0.266 e. The van der Waals surface area contributed by atoms with Crippen molar-refractivity contribution in [3.05, 3.63) is 62.8 Å².